The highest BCUT2D eigenvalue weighted by molar-refractivity contribution is 7.99. The molecule has 4 rings (SSSR count). The van der Waals surface area contributed by atoms with Gasteiger partial charge in [0.25, 0.3) is 0 Å². The fourth-order valence-corrected chi connectivity index (χ4v) is 4.29. The third-order valence-electron chi connectivity index (χ3n) is 4.52. The van der Waals surface area contributed by atoms with E-state index in [-0.39, 0.29) is 11.9 Å². The van der Waals surface area contributed by atoms with Crippen LogP contribution in [0, 0.1) is 11.3 Å². The number of hydrogen-bond acceptors (Lipinski definition) is 5. The summed E-state index contributed by atoms with van der Waals surface area (Å²) in [6.07, 6.45) is 7.54. The second kappa shape index (κ2) is 6.69. The molecule has 126 valence electrons. The third-order valence-corrected chi connectivity index (χ3v) is 5.54. The van der Waals surface area contributed by atoms with Gasteiger partial charge >= 0.3 is 0 Å². The van der Waals surface area contributed by atoms with Crippen LogP contribution in [0.4, 0.5) is 5.69 Å². The lowest BCUT2D eigenvalue weighted by molar-refractivity contribution is -0.129. The lowest BCUT2D eigenvalue weighted by Gasteiger charge is -2.30. The lowest BCUT2D eigenvalue weighted by Crippen LogP contribution is -2.43. The number of hydrogen-bond donors (Lipinski definition) is 0. The minimum Gasteiger partial charge on any atom is -0.472 e. The van der Waals surface area contributed by atoms with Crippen molar-refractivity contribution in [2.24, 2.45) is 0 Å². The molecule has 3 heterocycles. The van der Waals surface area contributed by atoms with Crippen LogP contribution in [0.25, 0.3) is 17.2 Å². The molecular formula is C19H17N3O2S. The van der Waals surface area contributed by atoms with Crippen molar-refractivity contribution in [1.82, 2.24) is 4.90 Å². The zero-order chi connectivity index (χ0) is 17.2. The Morgan fingerprint density at radius 1 is 1.36 bits per heavy atom. The summed E-state index contributed by atoms with van der Waals surface area (Å²) in [4.78, 5) is 16.4. The molecule has 25 heavy (non-hydrogen) atoms. The SMILES string of the molecule is N#C[C@@H]1CSCN1C(=O)CN1CC=Cc2cc(-c3ccoc3)ccc21. The first-order valence-corrected chi connectivity index (χ1v) is 9.26. The molecule has 1 saturated heterocycles. The lowest BCUT2D eigenvalue weighted by atomic mass is 10.0. The van der Waals surface area contributed by atoms with Gasteiger partial charge in [-0.15, -0.1) is 11.8 Å². The van der Waals surface area contributed by atoms with Crippen molar-refractivity contribution in [1.29, 1.82) is 5.26 Å². The van der Waals surface area contributed by atoms with Crippen LogP contribution in [-0.2, 0) is 4.79 Å². The number of thioether (sulfide) groups is 1. The Morgan fingerprint density at radius 3 is 3.08 bits per heavy atom. The van der Waals surface area contributed by atoms with E-state index in [2.05, 4.69) is 35.3 Å². The van der Waals surface area contributed by atoms with Gasteiger partial charge in [0.1, 0.15) is 6.04 Å². The fraction of sp³-hybridized carbons (Fsp3) is 0.263. The molecule has 0 radical (unpaired) electrons. The van der Waals surface area contributed by atoms with Crippen molar-refractivity contribution in [3.8, 4) is 17.2 Å². The Labute approximate surface area is 150 Å². The van der Waals surface area contributed by atoms with E-state index in [1.807, 2.05) is 12.1 Å². The first kappa shape index (κ1) is 15.9. The average Bonchev–Trinajstić information content (AvgIpc) is 3.33. The first-order valence-electron chi connectivity index (χ1n) is 8.11. The van der Waals surface area contributed by atoms with E-state index in [9.17, 15) is 10.1 Å². The number of benzene rings is 1. The molecular weight excluding hydrogens is 334 g/mol. The molecule has 1 fully saturated rings. The van der Waals surface area contributed by atoms with Crippen LogP contribution in [0.1, 0.15) is 5.56 Å². The average molecular weight is 351 g/mol. The van der Waals surface area contributed by atoms with Crippen molar-refractivity contribution < 1.29 is 9.21 Å². The molecule has 0 spiro atoms. The summed E-state index contributed by atoms with van der Waals surface area (Å²) in [6.45, 7) is 0.989. The van der Waals surface area contributed by atoms with E-state index < -0.39 is 0 Å². The van der Waals surface area contributed by atoms with Crippen LogP contribution in [0.5, 0.6) is 0 Å². The van der Waals surface area contributed by atoms with Gasteiger partial charge in [-0.25, -0.2) is 0 Å². The van der Waals surface area contributed by atoms with Crippen molar-refractivity contribution in [3.05, 3.63) is 48.4 Å². The number of fused-ring (bicyclic) bond motifs is 1. The Balaban J connectivity index is 1.55. The number of amides is 1. The largest absolute Gasteiger partial charge is 0.472 e. The number of rotatable bonds is 3. The standard InChI is InChI=1S/C19H17N3O2S/c20-9-17-12-25-13-22(17)19(23)10-21-6-1-2-15-8-14(3-4-18(15)21)16-5-7-24-11-16/h1-5,7-8,11,17H,6,10,12-13H2/t17-/m1/s1. The summed E-state index contributed by atoms with van der Waals surface area (Å²) >= 11 is 1.63. The number of furan rings is 1. The summed E-state index contributed by atoms with van der Waals surface area (Å²) in [7, 11) is 0. The quantitative estimate of drug-likeness (QED) is 0.850. The van der Waals surface area contributed by atoms with E-state index in [0.717, 1.165) is 22.4 Å². The highest BCUT2D eigenvalue weighted by atomic mass is 32.2. The zero-order valence-electron chi connectivity index (χ0n) is 13.6. The number of nitrogens with zero attached hydrogens (tertiary/aromatic N) is 3. The molecule has 1 amide bonds. The first-order chi connectivity index (χ1) is 12.3. The maximum Gasteiger partial charge on any atom is 0.243 e. The Hall–Kier alpha value is -2.65. The van der Waals surface area contributed by atoms with Gasteiger partial charge in [0.15, 0.2) is 0 Å². The molecule has 1 aromatic carbocycles. The highest BCUT2D eigenvalue weighted by Gasteiger charge is 2.30. The number of anilines is 1. The number of carbonyl (C=O) groups excluding carboxylic acids is 1. The van der Waals surface area contributed by atoms with E-state index in [1.165, 1.54) is 0 Å². The van der Waals surface area contributed by atoms with Crippen molar-refractivity contribution in [2.75, 3.05) is 29.6 Å². The van der Waals surface area contributed by atoms with Crippen LogP contribution in [0.2, 0.25) is 0 Å². The summed E-state index contributed by atoms with van der Waals surface area (Å²) in [5.74, 6) is 1.32. The number of nitriles is 1. The predicted molar refractivity (Wildman–Crippen MR) is 99.0 cm³/mol. The highest BCUT2D eigenvalue weighted by Crippen LogP contribution is 2.31. The van der Waals surface area contributed by atoms with Gasteiger partial charge in [0.05, 0.1) is 31.0 Å². The van der Waals surface area contributed by atoms with Crippen LogP contribution < -0.4 is 4.90 Å². The second-order valence-electron chi connectivity index (χ2n) is 6.08. The Morgan fingerprint density at radius 2 is 2.28 bits per heavy atom. The normalized spacial score (nSPS) is 18.9. The number of carbonyl (C=O) groups is 1. The van der Waals surface area contributed by atoms with Crippen LogP contribution >= 0.6 is 11.8 Å². The maximum atomic E-state index is 12.6. The van der Waals surface area contributed by atoms with Gasteiger partial charge in [-0.1, -0.05) is 18.2 Å². The van der Waals surface area contributed by atoms with E-state index in [4.69, 9.17) is 4.42 Å². The molecule has 1 aromatic heterocycles. The third kappa shape index (κ3) is 3.03. The molecule has 6 heteroatoms. The molecule has 0 N–H and O–H groups in total. The minimum absolute atomic E-state index is 0.0108. The molecule has 2 aliphatic heterocycles. The fourth-order valence-electron chi connectivity index (χ4n) is 3.19. The maximum absolute atomic E-state index is 12.6. The van der Waals surface area contributed by atoms with E-state index in [1.54, 1.807) is 29.2 Å². The van der Waals surface area contributed by atoms with Gasteiger partial charge in [0, 0.05) is 23.5 Å². The zero-order valence-corrected chi connectivity index (χ0v) is 14.4. The van der Waals surface area contributed by atoms with Crippen LogP contribution in [-0.4, -0.2) is 41.6 Å². The summed E-state index contributed by atoms with van der Waals surface area (Å²) in [5, 5.41) is 9.18. The summed E-state index contributed by atoms with van der Waals surface area (Å²) in [5.41, 5.74) is 4.26. The summed E-state index contributed by atoms with van der Waals surface area (Å²) < 4.78 is 5.16. The Bertz CT molecular complexity index is 854. The van der Waals surface area contributed by atoms with Crippen molar-refractivity contribution in [3.63, 3.8) is 0 Å². The second-order valence-corrected chi connectivity index (χ2v) is 7.08. The van der Waals surface area contributed by atoms with E-state index in [0.29, 0.717) is 24.7 Å². The van der Waals surface area contributed by atoms with E-state index >= 15 is 0 Å². The Kier molecular flexibility index (Phi) is 4.24. The van der Waals surface area contributed by atoms with Crippen LogP contribution in [0.3, 0.4) is 0 Å². The monoisotopic (exact) mass is 351 g/mol. The van der Waals surface area contributed by atoms with Crippen molar-refractivity contribution >= 4 is 29.4 Å². The molecule has 2 aliphatic rings. The topological polar surface area (TPSA) is 60.5 Å². The van der Waals surface area contributed by atoms with Gasteiger partial charge < -0.3 is 14.2 Å². The van der Waals surface area contributed by atoms with Gasteiger partial charge in [0.2, 0.25) is 5.91 Å². The molecule has 5 nitrogen and oxygen atoms in total. The molecule has 0 saturated carbocycles. The molecule has 0 aliphatic carbocycles. The minimum atomic E-state index is -0.305. The van der Waals surface area contributed by atoms with Crippen LogP contribution in [0.15, 0.2) is 47.3 Å². The molecule has 0 bridgehead atoms. The molecule has 1 atom stereocenters. The van der Waals surface area contributed by atoms with Gasteiger partial charge in [-0.05, 0) is 29.3 Å². The van der Waals surface area contributed by atoms with Crippen molar-refractivity contribution in [2.45, 2.75) is 6.04 Å². The van der Waals surface area contributed by atoms with Gasteiger partial charge in [-0.3, -0.25) is 4.79 Å². The van der Waals surface area contributed by atoms with Gasteiger partial charge in [-0.2, -0.15) is 5.26 Å². The summed E-state index contributed by atoms with van der Waals surface area (Å²) in [6, 6.07) is 10.1. The smallest absolute Gasteiger partial charge is 0.243 e. The predicted octanol–water partition coefficient (Wildman–Crippen LogP) is 3.20. The molecule has 2 aromatic rings. The molecule has 0 unspecified atom stereocenters.